The van der Waals surface area contributed by atoms with Crippen molar-refractivity contribution in [2.75, 3.05) is 18.4 Å². The van der Waals surface area contributed by atoms with Gasteiger partial charge in [0.25, 0.3) is 0 Å². The molecule has 0 radical (unpaired) electrons. The molecule has 0 saturated heterocycles. The zero-order valence-electron chi connectivity index (χ0n) is 12.6. The predicted octanol–water partition coefficient (Wildman–Crippen LogP) is 3.35. The van der Waals surface area contributed by atoms with Crippen molar-refractivity contribution in [1.82, 2.24) is 5.32 Å². The minimum absolute atomic E-state index is 0.0415. The van der Waals surface area contributed by atoms with Crippen LogP contribution in [0.4, 0.5) is 5.69 Å². The summed E-state index contributed by atoms with van der Waals surface area (Å²) in [4.78, 5) is 11.8. The van der Waals surface area contributed by atoms with E-state index in [1.54, 1.807) is 0 Å². The van der Waals surface area contributed by atoms with E-state index in [4.69, 9.17) is 0 Å². The second kappa shape index (κ2) is 7.44. The number of carbonyl (C=O) groups is 1. The minimum atomic E-state index is 0.0415. The molecule has 2 N–H and O–H groups in total. The van der Waals surface area contributed by atoms with Gasteiger partial charge in [0, 0.05) is 5.69 Å². The highest BCUT2D eigenvalue weighted by Gasteiger charge is 2.17. The Kier molecular flexibility index (Phi) is 5.60. The molecular weight excluding hydrogens is 248 g/mol. The highest BCUT2D eigenvalue weighted by atomic mass is 16.1. The number of rotatable bonds is 5. The molecular formula is C17H26N2O. The lowest BCUT2D eigenvalue weighted by molar-refractivity contribution is -0.115. The molecule has 20 heavy (non-hydrogen) atoms. The summed E-state index contributed by atoms with van der Waals surface area (Å²) in [7, 11) is 0. The summed E-state index contributed by atoms with van der Waals surface area (Å²) in [5, 5.41) is 6.22. The van der Waals surface area contributed by atoms with Crippen molar-refractivity contribution in [1.29, 1.82) is 0 Å². The topological polar surface area (TPSA) is 41.1 Å². The molecule has 1 saturated carbocycles. The van der Waals surface area contributed by atoms with Gasteiger partial charge < -0.3 is 10.6 Å². The quantitative estimate of drug-likeness (QED) is 0.864. The number of amides is 1. The predicted molar refractivity (Wildman–Crippen MR) is 83.8 cm³/mol. The van der Waals surface area contributed by atoms with Crippen molar-refractivity contribution in [2.45, 2.75) is 39.5 Å². The number of nitrogens with one attached hydrogen (secondary N) is 2. The van der Waals surface area contributed by atoms with Crippen LogP contribution in [0.25, 0.3) is 0 Å². The van der Waals surface area contributed by atoms with Crippen LogP contribution in [0, 0.1) is 18.8 Å². The third kappa shape index (κ3) is 4.97. The Morgan fingerprint density at radius 1 is 1.25 bits per heavy atom. The molecule has 1 aromatic rings. The zero-order chi connectivity index (χ0) is 14.4. The Hall–Kier alpha value is -1.35. The van der Waals surface area contributed by atoms with Gasteiger partial charge in [0.1, 0.15) is 0 Å². The van der Waals surface area contributed by atoms with Gasteiger partial charge in [0.05, 0.1) is 6.54 Å². The van der Waals surface area contributed by atoms with E-state index in [2.05, 4.69) is 17.6 Å². The molecule has 3 heteroatoms. The van der Waals surface area contributed by atoms with E-state index in [1.165, 1.54) is 25.7 Å². The molecule has 1 aliphatic carbocycles. The Labute approximate surface area is 122 Å². The maximum absolute atomic E-state index is 11.8. The Balaban J connectivity index is 1.65. The molecule has 2 rings (SSSR count). The number of hydrogen-bond donors (Lipinski definition) is 2. The number of benzene rings is 1. The van der Waals surface area contributed by atoms with E-state index in [0.29, 0.717) is 6.54 Å². The van der Waals surface area contributed by atoms with Crippen LogP contribution in [-0.2, 0) is 4.79 Å². The molecule has 1 aliphatic rings. The minimum Gasteiger partial charge on any atom is -0.325 e. The maximum Gasteiger partial charge on any atom is 0.238 e. The fourth-order valence-electron chi connectivity index (χ4n) is 2.85. The fourth-order valence-corrected chi connectivity index (χ4v) is 2.85. The van der Waals surface area contributed by atoms with Crippen LogP contribution >= 0.6 is 0 Å². The molecule has 1 amide bonds. The SMILES string of the molecule is Cc1cccc(NC(=O)CNCC2CCC(C)CC2)c1. The van der Waals surface area contributed by atoms with Crippen molar-refractivity contribution < 1.29 is 4.79 Å². The standard InChI is InChI=1S/C17H26N2O/c1-13-6-8-15(9-7-13)11-18-12-17(20)19-16-5-3-4-14(2)10-16/h3-5,10,13,15,18H,6-9,11-12H2,1-2H3,(H,19,20). The van der Waals surface area contributed by atoms with Crippen LogP contribution in [0.1, 0.15) is 38.2 Å². The molecule has 0 bridgehead atoms. The van der Waals surface area contributed by atoms with Crippen LogP contribution < -0.4 is 10.6 Å². The number of aryl methyl sites for hydroxylation is 1. The van der Waals surface area contributed by atoms with Crippen LogP contribution in [0.2, 0.25) is 0 Å². The summed E-state index contributed by atoms with van der Waals surface area (Å²) in [5.41, 5.74) is 2.04. The van der Waals surface area contributed by atoms with Gasteiger partial charge in [0.15, 0.2) is 0 Å². The molecule has 0 spiro atoms. The highest BCUT2D eigenvalue weighted by molar-refractivity contribution is 5.92. The molecule has 1 fully saturated rings. The first-order valence-electron chi connectivity index (χ1n) is 7.70. The lowest BCUT2D eigenvalue weighted by Crippen LogP contribution is -2.33. The molecule has 0 unspecified atom stereocenters. The van der Waals surface area contributed by atoms with Crippen molar-refractivity contribution in [3.8, 4) is 0 Å². The van der Waals surface area contributed by atoms with Crippen LogP contribution in [-0.4, -0.2) is 19.0 Å². The summed E-state index contributed by atoms with van der Waals surface area (Å²) in [6.07, 6.45) is 5.27. The van der Waals surface area contributed by atoms with Crippen LogP contribution in [0.5, 0.6) is 0 Å². The van der Waals surface area contributed by atoms with E-state index < -0.39 is 0 Å². The van der Waals surface area contributed by atoms with Gasteiger partial charge in [-0.1, -0.05) is 31.9 Å². The molecule has 3 nitrogen and oxygen atoms in total. The third-order valence-electron chi connectivity index (χ3n) is 4.16. The van der Waals surface area contributed by atoms with E-state index in [1.807, 2.05) is 31.2 Å². The van der Waals surface area contributed by atoms with Crippen LogP contribution in [0.15, 0.2) is 24.3 Å². The number of carbonyl (C=O) groups excluding carboxylic acids is 1. The number of hydrogen-bond acceptors (Lipinski definition) is 2. The first-order chi connectivity index (χ1) is 9.63. The number of anilines is 1. The maximum atomic E-state index is 11.8. The molecule has 0 heterocycles. The van der Waals surface area contributed by atoms with Gasteiger partial charge in [0.2, 0.25) is 5.91 Å². The fraction of sp³-hybridized carbons (Fsp3) is 0.588. The Morgan fingerprint density at radius 2 is 2.00 bits per heavy atom. The average Bonchev–Trinajstić information content (AvgIpc) is 2.41. The van der Waals surface area contributed by atoms with Gasteiger partial charge >= 0.3 is 0 Å². The smallest absolute Gasteiger partial charge is 0.238 e. The zero-order valence-corrected chi connectivity index (χ0v) is 12.6. The normalized spacial score (nSPS) is 22.5. The third-order valence-corrected chi connectivity index (χ3v) is 4.16. The second-order valence-electron chi connectivity index (χ2n) is 6.17. The van der Waals surface area contributed by atoms with Gasteiger partial charge in [-0.3, -0.25) is 4.79 Å². The summed E-state index contributed by atoms with van der Waals surface area (Å²) in [6, 6.07) is 7.90. The first kappa shape index (κ1) is 15.0. The summed E-state index contributed by atoms with van der Waals surface area (Å²) < 4.78 is 0. The molecule has 1 aromatic carbocycles. The van der Waals surface area contributed by atoms with Gasteiger partial charge in [-0.15, -0.1) is 0 Å². The second-order valence-corrected chi connectivity index (χ2v) is 6.17. The molecule has 0 aliphatic heterocycles. The van der Waals surface area contributed by atoms with Crippen molar-refractivity contribution in [3.05, 3.63) is 29.8 Å². The molecule has 0 aromatic heterocycles. The lowest BCUT2D eigenvalue weighted by atomic mass is 9.83. The average molecular weight is 274 g/mol. The summed E-state index contributed by atoms with van der Waals surface area (Å²) >= 11 is 0. The van der Waals surface area contributed by atoms with E-state index in [9.17, 15) is 4.79 Å². The van der Waals surface area contributed by atoms with Gasteiger partial charge in [-0.05, 0) is 55.8 Å². The lowest BCUT2D eigenvalue weighted by Gasteiger charge is -2.26. The Bertz CT molecular complexity index is 436. The largest absolute Gasteiger partial charge is 0.325 e. The first-order valence-corrected chi connectivity index (χ1v) is 7.70. The highest BCUT2D eigenvalue weighted by Crippen LogP contribution is 2.27. The van der Waals surface area contributed by atoms with Crippen LogP contribution in [0.3, 0.4) is 0 Å². The molecule has 0 atom stereocenters. The van der Waals surface area contributed by atoms with E-state index in [0.717, 1.165) is 29.6 Å². The molecule has 110 valence electrons. The van der Waals surface area contributed by atoms with E-state index >= 15 is 0 Å². The van der Waals surface area contributed by atoms with E-state index in [-0.39, 0.29) is 5.91 Å². The van der Waals surface area contributed by atoms with Gasteiger partial charge in [-0.25, -0.2) is 0 Å². The van der Waals surface area contributed by atoms with Gasteiger partial charge in [-0.2, -0.15) is 0 Å². The van der Waals surface area contributed by atoms with Crippen molar-refractivity contribution >= 4 is 11.6 Å². The monoisotopic (exact) mass is 274 g/mol. The summed E-state index contributed by atoms with van der Waals surface area (Å²) in [6.45, 7) is 5.73. The summed E-state index contributed by atoms with van der Waals surface area (Å²) in [5.74, 6) is 1.67. The van der Waals surface area contributed by atoms with Crippen molar-refractivity contribution in [3.63, 3.8) is 0 Å². The van der Waals surface area contributed by atoms with Crippen molar-refractivity contribution in [2.24, 2.45) is 11.8 Å². The Morgan fingerprint density at radius 3 is 2.70 bits per heavy atom.